The van der Waals surface area contributed by atoms with Gasteiger partial charge in [0.25, 0.3) is 0 Å². The summed E-state index contributed by atoms with van der Waals surface area (Å²) in [4.78, 5) is 22.7. The molecule has 0 aliphatic carbocycles. The Morgan fingerprint density at radius 2 is 0.929 bits per heavy atom. The van der Waals surface area contributed by atoms with Crippen molar-refractivity contribution >= 4 is 39.4 Å². The van der Waals surface area contributed by atoms with Crippen LogP contribution in [0, 0.1) is 0 Å². The first-order valence-corrected chi connectivity index (χ1v) is 19.7. The highest BCUT2D eigenvalue weighted by molar-refractivity contribution is 6.37. The van der Waals surface area contributed by atoms with Crippen LogP contribution in [0.3, 0.4) is 0 Å². The number of allylic oxidation sites excluding steroid dienone is 12. The predicted molar refractivity (Wildman–Crippen MR) is 225 cm³/mol. The highest BCUT2D eigenvalue weighted by Gasteiger charge is 2.32. The molecular weight excluding hydrogens is 689 g/mol. The molecule has 0 saturated carbocycles. The average molecular weight is 734 g/mol. The minimum Gasteiger partial charge on any atom is -0.354 e. The van der Waals surface area contributed by atoms with Crippen molar-refractivity contribution in [2.45, 2.75) is 47.3 Å². The number of hydrogen-bond donors (Lipinski definition) is 1. The van der Waals surface area contributed by atoms with E-state index in [1.807, 2.05) is 0 Å². The SMILES string of the molecule is CCN1C=CC=CC1=C1C2=NC(=C(c3cccc[n+]3CC)C3=NC(=C(c4cccc[n+]4CC)C4=NC(=C(c5cccc[n+]5CC)c5ccc1[nH]5)C=C4)C=C3)C=C2. The summed E-state index contributed by atoms with van der Waals surface area (Å²) in [5, 5.41) is 0. The average Bonchev–Trinajstić information content (AvgIpc) is 4.10. The lowest BCUT2D eigenvalue weighted by Gasteiger charge is -2.25. The molecule has 8 bridgehead atoms. The first-order valence-electron chi connectivity index (χ1n) is 19.7. The van der Waals surface area contributed by atoms with Crippen molar-refractivity contribution < 1.29 is 13.7 Å². The molecule has 0 saturated heterocycles. The highest BCUT2D eigenvalue weighted by atomic mass is 15.1. The third kappa shape index (κ3) is 6.04. The normalized spacial score (nSPS) is 18.5. The maximum atomic E-state index is 5.50. The maximum absolute atomic E-state index is 5.50. The molecule has 4 aromatic rings. The standard InChI is InChI=1S/C48H45N8/c1-5-53-29-13-9-17-41(53)45-33-21-23-35(49-33)46(42-18-10-14-30-54(42)6-2)37-25-27-39(51-37)48(44-20-12-16-32-56(44)8-4)40-28-26-38(52-40)47(36-24-22-34(45)50-36)43-19-11-15-31-55(43)7-3/h9-32,49H,5-8H2,1-4H3/q+3. The van der Waals surface area contributed by atoms with Gasteiger partial charge in [0, 0.05) is 54.7 Å². The summed E-state index contributed by atoms with van der Waals surface area (Å²) in [7, 11) is 0. The van der Waals surface area contributed by atoms with Crippen LogP contribution in [-0.4, -0.2) is 33.6 Å². The minimum atomic E-state index is 0.806. The number of aryl methyl sites for hydroxylation is 3. The van der Waals surface area contributed by atoms with E-state index in [1.165, 1.54) is 0 Å². The predicted octanol–water partition coefficient (Wildman–Crippen LogP) is 7.68. The fourth-order valence-electron chi connectivity index (χ4n) is 8.13. The van der Waals surface area contributed by atoms with Gasteiger partial charge in [0.1, 0.15) is 19.6 Å². The number of likely N-dealkylation sites (N-methyl/N-ethyl adjacent to an activating group) is 1. The third-order valence-corrected chi connectivity index (χ3v) is 10.8. The minimum absolute atomic E-state index is 0.806. The Hall–Kier alpha value is -6.80. The van der Waals surface area contributed by atoms with Gasteiger partial charge >= 0.3 is 0 Å². The van der Waals surface area contributed by atoms with Gasteiger partial charge in [-0.15, -0.1) is 0 Å². The smallest absolute Gasteiger partial charge is 0.216 e. The summed E-state index contributed by atoms with van der Waals surface area (Å²) >= 11 is 0. The van der Waals surface area contributed by atoms with Crippen LogP contribution in [0.1, 0.15) is 56.2 Å². The van der Waals surface area contributed by atoms with Crippen molar-refractivity contribution in [1.82, 2.24) is 9.88 Å². The number of aliphatic imine (C=N–C) groups is 3. The van der Waals surface area contributed by atoms with E-state index in [0.29, 0.717) is 0 Å². The molecule has 0 atom stereocenters. The first kappa shape index (κ1) is 34.9. The van der Waals surface area contributed by atoms with E-state index in [-0.39, 0.29) is 0 Å². The topological polar surface area (TPSA) is 67.8 Å². The van der Waals surface area contributed by atoms with Crippen LogP contribution in [0.15, 0.2) is 184 Å². The Balaban J connectivity index is 1.40. The van der Waals surface area contributed by atoms with Gasteiger partial charge in [-0.2, -0.15) is 13.7 Å². The van der Waals surface area contributed by atoms with Gasteiger partial charge in [0.2, 0.25) is 17.1 Å². The molecule has 5 aliphatic rings. The molecule has 1 N–H and O–H groups in total. The monoisotopic (exact) mass is 733 g/mol. The van der Waals surface area contributed by atoms with E-state index < -0.39 is 0 Å². The molecule has 9 heterocycles. The van der Waals surface area contributed by atoms with Crippen molar-refractivity contribution in [1.29, 1.82) is 0 Å². The molecule has 9 rings (SSSR count). The van der Waals surface area contributed by atoms with E-state index in [4.69, 9.17) is 15.0 Å². The molecule has 0 aromatic carbocycles. The highest BCUT2D eigenvalue weighted by Crippen LogP contribution is 2.37. The Kier molecular flexibility index (Phi) is 9.23. The summed E-state index contributed by atoms with van der Waals surface area (Å²) in [6.07, 6.45) is 27.8. The number of H-pyrrole nitrogens is 1. The molecule has 0 amide bonds. The van der Waals surface area contributed by atoms with Gasteiger partial charge in [-0.25, -0.2) is 15.0 Å². The number of aromatic nitrogens is 4. The Morgan fingerprint density at radius 1 is 0.482 bits per heavy atom. The number of pyridine rings is 3. The van der Waals surface area contributed by atoms with Crippen LogP contribution < -0.4 is 13.7 Å². The molecule has 274 valence electrons. The molecule has 0 radical (unpaired) electrons. The molecule has 0 unspecified atom stereocenters. The summed E-state index contributed by atoms with van der Waals surface area (Å²) in [5.41, 5.74) is 15.5. The molecular formula is C48H45N8+3. The molecule has 0 fully saturated rings. The van der Waals surface area contributed by atoms with Gasteiger partial charge in [-0.3, -0.25) is 0 Å². The molecule has 5 aliphatic heterocycles. The van der Waals surface area contributed by atoms with Crippen molar-refractivity contribution in [2.24, 2.45) is 15.0 Å². The van der Waals surface area contributed by atoms with Crippen LogP contribution in [0.2, 0.25) is 0 Å². The van der Waals surface area contributed by atoms with Gasteiger partial charge < -0.3 is 9.88 Å². The summed E-state index contributed by atoms with van der Waals surface area (Å²) in [5.74, 6) is 0. The molecule has 8 heteroatoms. The zero-order valence-electron chi connectivity index (χ0n) is 32.3. The Bertz CT molecular complexity index is 2680. The van der Waals surface area contributed by atoms with Gasteiger partial charge in [-0.1, -0.05) is 6.08 Å². The summed E-state index contributed by atoms with van der Waals surface area (Å²) < 4.78 is 6.81. The number of hydrogen-bond acceptors (Lipinski definition) is 4. The van der Waals surface area contributed by atoms with Gasteiger partial charge in [0.05, 0.1) is 68.0 Å². The molecule has 8 nitrogen and oxygen atoms in total. The molecule has 0 spiro atoms. The fraction of sp³-hybridized carbons (Fsp3) is 0.167. The number of fused-ring (bicyclic) bond motifs is 5. The van der Waals surface area contributed by atoms with Crippen molar-refractivity contribution in [3.63, 3.8) is 0 Å². The van der Waals surface area contributed by atoms with E-state index in [9.17, 15) is 0 Å². The number of nitrogens with one attached hydrogen (secondary N) is 1. The largest absolute Gasteiger partial charge is 0.354 e. The summed E-state index contributed by atoms with van der Waals surface area (Å²) in [6.45, 7) is 11.9. The zero-order chi connectivity index (χ0) is 38.2. The second-order valence-corrected chi connectivity index (χ2v) is 13.9. The second-order valence-electron chi connectivity index (χ2n) is 13.9. The number of aromatic amines is 1. The summed E-state index contributed by atoms with van der Waals surface area (Å²) in [6, 6.07) is 23.5. The van der Waals surface area contributed by atoms with E-state index in [0.717, 1.165) is 117 Å². The molecule has 56 heavy (non-hydrogen) atoms. The van der Waals surface area contributed by atoms with Crippen molar-refractivity contribution in [2.75, 3.05) is 6.54 Å². The van der Waals surface area contributed by atoms with Crippen molar-refractivity contribution in [3.8, 4) is 0 Å². The lowest BCUT2D eigenvalue weighted by Crippen LogP contribution is -2.37. The Labute approximate surface area is 328 Å². The van der Waals surface area contributed by atoms with Crippen LogP contribution in [0.4, 0.5) is 0 Å². The Morgan fingerprint density at radius 3 is 1.41 bits per heavy atom. The maximum Gasteiger partial charge on any atom is 0.216 e. The quantitative estimate of drug-likeness (QED) is 0.195. The van der Waals surface area contributed by atoms with Crippen LogP contribution in [0.5, 0.6) is 0 Å². The van der Waals surface area contributed by atoms with Gasteiger partial charge in [0.15, 0.2) is 18.6 Å². The van der Waals surface area contributed by atoms with Crippen LogP contribution >= 0.6 is 0 Å². The van der Waals surface area contributed by atoms with E-state index >= 15 is 0 Å². The van der Waals surface area contributed by atoms with Crippen molar-refractivity contribution in [3.05, 3.63) is 197 Å². The van der Waals surface area contributed by atoms with E-state index in [2.05, 4.69) is 197 Å². The van der Waals surface area contributed by atoms with Crippen LogP contribution in [-0.2, 0) is 19.6 Å². The van der Waals surface area contributed by atoms with Gasteiger partial charge in [-0.05, 0) is 107 Å². The lowest BCUT2D eigenvalue weighted by atomic mass is 10.0. The lowest BCUT2D eigenvalue weighted by molar-refractivity contribution is -0.695. The zero-order valence-corrected chi connectivity index (χ0v) is 32.3. The first-order chi connectivity index (χ1) is 27.6. The fourth-order valence-corrected chi connectivity index (χ4v) is 8.13. The van der Waals surface area contributed by atoms with Crippen LogP contribution in [0.25, 0.3) is 22.3 Å². The molecule has 4 aromatic heterocycles. The second kappa shape index (κ2) is 14.8. The third-order valence-electron chi connectivity index (χ3n) is 10.8. The number of rotatable bonds is 7. The number of nitrogens with zero attached hydrogens (tertiary/aromatic N) is 7. The van der Waals surface area contributed by atoms with E-state index in [1.54, 1.807) is 0 Å².